The molecule has 0 aliphatic carbocycles. The number of nitrogens with one attached hydrogen (secondary N) is 1. The maximum atomic E-state index is 5.93. The fraction of sp³-hybridized carbons (Fsp3) is 0.571. The second-order valence-electron chi connectivity index (χ2n) is 5.37. The molecule has 2 aliphatic heterocycles. The molecule has 2 aliphatic rings. The molecule has 104 valence electrons. The van der Waals surface area contributed by atoms with E-state index < -0.39 is 0 Å². The Bertz CT molecular complexity index is 454. The van der Waals surface area contributed by atoms with Gasteiger partial charge in [-0.25, -0.2) is 0 Å². The van der Waals surface area contributed by atoms with Gasteiger partial charge in [0.2, 0.25) is 0 Å². The zero-order valence-electron chi connectivity index (χ0n) is 10.9. The molecule has 2 unspecified atom stereocenters. The van der Waals surface area contributed by atoms with Crippen molar-refractivity contribution in [2.24, 2.45) is 0 Å². The van der Waals surface area contributed by atoms with Gasteiger partial charge in [0.15, 0.2) is 0 Å². The van der Waals surface area contributed by atoms with Crippen LogP contribution in [0.2, 0.25) is 0 Å². The second kappa shape index (κ2) is 5.69. The van der Waals surface area contributed by atoms with E-state index in [0.717, 1.165) is 35.5 Å². The van der Waals surface area contributed by atoms with E-state index in [1.54, 1.807) is 0 Å². The fourth-order valence-electron chi connectivity index (χ4n) is 2.91. The van der Waals surface area contributed by atoms with Crippen LogP contribution in [0.3, 0.4) is 0 Å². The van der Waals surface area contributed by atoms with Crippen LogP contribution in [0.25, 0.3) is 0 Å². The molecule has 4 nitrogen and oxygen atoms in total. The number of halogens is 1. The molecule has 19 heavy (non-hydrogen) atoms. The minimum absolute atomic E-state index is 0.277. The van der Waals surface area contributed by atoms with Gasteiger partial charge in [-0.2, -0.15) is 0 Å². The van der Waals surface area contributed by atoms with E-state index >= 15 is 0 Å². The summed E-state index contributed by atoms with van der Waals surface area (Å²) in [6.07, 6.45) is 2.89. The first-order chi connectivity index (χ1) is 9.22. The number of nitrogen functional groups attached to an aromatic ring is 1. The SMILES string of the molecule is Nc1ccc(NCC2CN3CCCC3CO2)c(Br)c1. The number of fused-ring (bicyclic) bond motifs is 1. The molecule has 5 heteroatoms. The van der Waals surface area contributed by atoms with Gasteiger partial charge in [-0.15, -0.1) is 0 Å². The van der Waals surface area contributed by atoms with Crippen molar-refractivity contribution in [2.45, 2.75) is 25.0 Å². The Hall–Kier alpha value is -0.780. The summed E-state index contributed by atoms with van der Waals surface area (Å²) in [5, 5.41) is 3.44. The van der Waals surface area contributed by atoms with Crippen LogP contribution >= 0.6 is 15.9 Å². The van der Waals surface area contributed by atoms with E-state index in [0.29, 0.717) is 6.04 Å². The Morgan fingerprint density at radius 3 is 3.21 bits per heavy atom. The van der Waals surface area contributed by atoms with Gasteiger partial charge < -0.3 is 15.8 Å². The van der Waals surface area contributed by atoms with Crippen LogP contribution in [0.5, 0.6) is 0 Å². The van der Waals surface area contributed by atoms with Gasteiger partial charge >= 0.3 is 0 Å². The van der Waals surface area contributed by atoms with Crippen LogP contribution in [0.15, 0.2) is 22.7 Å². The van der Waals surface area contributed by atoms with Crippen LogP contribution in [-0.2, 0) is 4.74 Å². The van der Waals surface area contributed by atoms with Gasteiger partial charge in [0, 0.05) is 35.0 Å². The Labute approximate surface area is 122 Å². The van der Waals surface area contributed by atoms with Gasteiger partial charge in [0.1, 0.15) is 0 Å². The Balaban J connectivity index is 1.54. The molecule has 2 saturated heterocycles. The Morgan fingerprint density at radius 1 is 1.47 bits per heavy atom. The topological polar surface area (TPSA) is 50.5 Å². The summed E-state index contributed by atoms with van der Waals surface area (Å²) in [6.45, 7) is 4.00. The summed E-state index contributed by atoms with van der Waals surface area (Å²) in [4.78, 5) is 2.56. The van der Waals surface area contributed by atoms with E-state index in [9.17, 15) is 0 Å². The standard InChI is InChI=1S/C14H20BrN3O/c15-13-6-10(16)3-4-14(13)17-7-12-8-18-5-1-2-11(18)9-19-12/h3-4,6,11-12,17H,1-2,5,7-9,16H2. The fourth-order valence-corrected chi connectivity index (χ4v) is 3.44. The number of ether oxygens (including phenoxy) is 1. The van der Waals surface area contributed by atoms with Crippen molar-refractivity contribution in [3.05, 3.63) is 22.7 Å². The van der Waals surface area contributed by atoms with Crippen LogP contribution in [0, 0.1) is 0 Å². The minimum Gasteiger partial charge on any atom is -0.399 e. The van der Waals surface area contributed by atoms with E-state index in [1.165, 1.54) is 19.4 Å². The lowest BCUT2D eigenvalue weighted by atomic mass is 10.2. The predicted molar refractivity (Wildman–Crippen MR) is 81.4 cm³/mol. The second-order valence-corrected chi connectivity index (χ2v) is 6.22. The summed E-state index contributed by atoms with van der Waals surface area (Å²) in [5.41, 5.74) is 7.58. The van der Waals surface area contributed by atoms with Gasteiger partial charge in [-0.3, -0.25) is 4.90 Å². The largest absolute Gasteiger partial charge is 0.399 e. The highest BCUT2D eigenvalue weighted by Crippen LogP contribution is 2.26. The molecule has 0 saturated carbocycles. The van der Waals surface area contributed by atoms with Gasteiger partial charge in [-0.1, -0.05) is 0 Å². The quantitative estimate of drug-likeness (QED) is 0.837. The molecule has 3 N–H and O–H groups in total. The average molecular weight is 326 g/mol. The summed E-state index contributed by atoms with van der Waals surface area (Å²) in [7, 11) is 0. The van der Waals surface area contributed by atoms with Crippen LogP contribution < -0.4 is 11.1 Å². The van der Waals surface area contributed by atoms with E-state index in [2.05, 4.69) is 26.1 Å². The molecular formula is C14H20BrN3O. The predicted octanol–water partition coefficient (Wildman–Crippen LogP) is 2.31. The molecule has 2 atom stereocenters. The average Bonchev–Trinajstić information content (AvgIpc) is 2.85. The van der Waals surface area contributed by atoms with Crippen molar-refractivity contribution in [1.29, 1.82) is 0 Å². The lowest BCUT2D eigenvalue weighted by Crippen LogP contribution is -2.48. The van der Waals surface area contributed by atoms with Crippen molar-refractivity contribution >= 4 is 27.3 Å². The highest BCUT2D eigenvalue weighted by atomic mass is 79.9. The lowest BCUT2D eigenvalue weighted by Gasteiger charge is -2.35. The molecule has 1 aromatic rings. The van der Waals surface area contributed by atoms with Gasteiger partial charge in [0.05, 0.1) is 12.7 Å². The van der Waals surface area contributed by atoms with Crippen LogP contribution in [-0.4, -0.2) is 43.3 Å². The molecule has 2 heterocycles. The maximum absolute atomic E-state index is 5.93. The third kappa shape index (κ3) is 3.04. The smallest absolute Gasteiger partial charge is 0.0874 e. The van der Waals surface area contributed by atoms with Gasteiger partial charge in [-0.05, 0) is 53.5 Å². The number of nitrogens with zero attached hydrogens (tertiary/aromatic N) is 1. The highest BCUT2D eigenvalue weighted by Gasteiger charge is 2.31. The van der Waals surface area contributed by atoms with Crippen molar-refractivity contribution in [3.8, 4) is 0 Å². The zero-order chi connectivity index (χ0) is 13.2. The number of hydrogen-bond donors (Lipinski definition) is 2. The maximum Gasteiger partial charge on any atom is 0.0874 e. The number of rotatable bonds is 3. The molecule has 0 aromatic heterocycles. The molecular weight excluding hydrogens is 306 g/mol. The third-order valence-corrected chi connectivity index (χ3v) is 4.63. The van der Waals surface area contributed by atoms with Crippen molar-refractivity contribution in [3.63, 3.8) is 0 Å². The molecule has 0 spiro atoms. The minimum atomic E-state index is 0.277. The summed E-state index contributed by atoms with van der Waals surface area (Å²) >= 11 is 3.52. The van der Waals surface area contributed by atoms with Crippen LogP contribution in [0.1, 0.15) is 12.8 Å². The van der Waals surface area contributed by atoms with Crippen LogP contribution in [0.4, 0.5) is 11.4 Å². The first-order valence-electron chi connectivity index (χ1n) is 6.87. The zero-order valence-corrected chi connectivity index (χ0v) is 12.5. The van der Waals surface area contributed by atoms with E-state index in [1.807, 2.05) is 18.2 Å². The normalized spacial score (nSPS) is 27.2. The highest BCUT2D eigenvalue weighted by molar-refractivity contribution is 9.10. The van der Waals surface area contributed by atoms with E-state index in [-0.39, 0.29) is 6.10 Å². The first kappa shape index (κ1) is 13.2. The molecule has 2 fully saturated rings. The number of morpholine rings is 1. The van der Waals surface area contributed by atoms with Crippen molar-refractivity contribution < 1.29 is 4.74 Å². The monoisotopic (exact) mass is 325 g/mol. The molecule has 1 aromatic carbocycles. The molecule has 3 rings (SSSR count). The summed E-state index contributed by atoms with van der Waals surface area (Å²) in [5.74, 6) is 0. The number of anilines is 2. The van der Waals surface area contributed by atoms with Crippen molar-refractivity contribution in [1.82, 2.24) is 4.90 Å². The first-order valence-corrected chi connectivity index (χ1v) is 7.66. The lowest BCUT2D eigenvalue weighted by molar-refractivity contribution is -0.0415. The molecule has 0 bridgehead atoms. The summed E-state index contributed by atoms with van der Waals surface area (Å²) < 4.78 is 6.94. The summed E-state index contributed by atoms with van der Waals surface area (Å²) in [6, 6.07) is 6.49. The molecule has 0 radical (unpaired) electrons. The van der Waals surface area contributed by atoms with Crippen molar-refractivity contribution in [2.75, 3.05) is 37.3 Å². The van der Waals surface area contributed by atoms with E-state index in [4.69, 9.17) is 10.5 Å². The number of nitrogens with two attached hydrogens (primary N) is 1. The number of hydrogen-bond acceptors (Lipinski definition) is 4. The number of benzene rings is 1. The third-order valence-electron chi connectivity index (χ3n) is 3.97. The molecule has 0 amide bonds. The van der Waals surface area contributed by atoms with Gasteiger partial charge in [0.25, 0.3) is 0 Å². The Kier molecular flexibility index (Phi) is 3.96. The Morgan fingerprint density at radius 2 is 2.37 bits per heavy atom.